The van der Waals surface area contributed by atoms with Gasteiger partial charge in [0.25, 0.3) is 0 Å². The molecular weight excluding hydrogens is 242 g/mol. The second-order valence-electron chi connectivity index (χ2n) is 4.33. The molecule has 0 amide bonds. The summed E-state index contributed by atoms with van der Waals surface area (Å²) in [5, 5.41) is 9.15. The number of aromatic hydroxyl groups is 1. The molecule has 0 aliphatic rings. The molecule has 0 aliphatic heterocycles. The maximum atomic E-state index is 11.9. The first kappa shape index (κ1) is 13.0. The number of carbonyl (C=O) groups excluding carboxylic acids is 1. The van der Waals surface area contributed by atoms with Gasteiger partial charge in [0, 0.05) is 5.69 Å². The van der Waals surface area contributed by atoms with Crippen molar-refractivity contribution < 1.29 is 14.6 Å². The summed E-state index contributed by atoms with van der Waals surface area (Å²) in [5.41, 5.74) is 8.28. The fourth-order valence-corrected chi connectivity index (χ4v) is 1.67. The van der Waals surface area contributed by atoms with Gasteiger partial charge in [-0.25, -0.2) is 4.79 Å². The number of anilines is 1. The number of carbonyl (C=O) groups is 1. The number of hydrogen-bond donors (Lipinski definition) is 2. The highest BCUT2D eigenvalue weighted by atomic mass is 16.5. The van der Waals surface area contributed by atoms with Crippen LogP contribution in [0.15, 0.2) is 42.5 Å². The number of nitrogen functional groups attached to an aromatic ring is 1. The number of rotatable bonds is 3. The zero-order chi connectivity index (χ0) is 13.8. The predicted octanol–water partition coefficient (Wildman–Crippen LogP) is 2.64. The number of phenols is 1. The first-order valence-corrected chi connectivity index (χ1v) is 5.87. The van der Waals surface area contributed by atoms with Crippen LogP contribution in [0.1, 0.15) is 21.5 Å². The Balaban J connectivity index is 2.05. The molecule has 0 aliphatic carbocycles. The Morgan fingerprint density at radius 2 is 1.89 bits per heavy atom. The van der Waals surface area contributed by atoms with Crippen LogP contribution >= 0.6 is 0 Å². The van der Waals surface area contributed by atoms with Crippen molar-refractivity contribution in [1.82, 2.24) is 0 Å². The monoisotopic (exact) mass is 257 g/mol. The van der Waals surface area contributed by atoms with Crippen molar-refractivity contribution in [2.45, 2.75) is 13.5 Å². The molecule has 2 rings (SSSR count). The molecule has 2 aromatic rings. The quantitative estimate of drug-likeness (QED) is 0.655. The smallest absolute Gasteiger partial charge is 0.340 e. The Hall–Kier alpha value is -2.49. The number of benzene rings is 2. The predicted molar refractivity (Wildman–Crippen MR) is 72.8 cm³/mol. The minimum Gasteiger partial charge on any atom is -0.508 e. The highest BCUT2D eigenvalue weighted by molar-refractivity contribution is 5.95. The number of nitrogens with two attached hydrogens (primary N) is 1. The maximum Gasteiger partial charge on any atom is 0.340 e. The number of phenolic OH excluding ortho intramolecular Hbond substituents is 1. The van der Waals surface area contributed by atoms with Gasteiger partial charge in [-0.2, -0.15) is 0 Å². The summed E-state index contributed by atoms with van der Waals surface area (Å²) in [5.74, 6) is -0.271. The topological polar surface area (TPSA) is 72.6 Å². The molecule has 0 atom stereocenters. The van der Waals surface area contributed by atoms with Crippen molar-refractivity contribution in [2.24, 2.45) is 0 Å². The van der Waals surface area contributed by atoms with E-state index >= 15 is 0 Å². The second kappa shape index (κ2) is 5.44. The molecule has 4 nitrogen and oxygen atoms in total. The van der Waals surface area contributed by atoms with Gasteiger partial charge in [-0.05, 0) is 36.8 Å². The zero-order valence-corrected chi connectivity index (χ0v) is 10.6. The fourth-order valence-electron chi connectivity index (χ4n) is 1.67. The van der Waals surface area contributed by atoms with E-state index in [9.17, 15) is 4.79 Å². The van der Waals surface area contributed by atoms with Gasteiger partial charge in [-0.1, -0.05) is 23.8 Å². The summed E-state index contributed by atoms with van der Waals surface area (Å²) in [6.45, 7) is 2.03. The van der Waals surface area contributed by atoms with E-state index < -0.39 is 5.97 Å². The largest absolute Gasteiger partial charge is 0.508 e. The van der Waals surface area contributed by atoms with E-state index in [4.69, 9.17) is 15.6 Å². The lowest BCUT2D eigenvalue weighted by molar-refractivity contribution is 0.0474. The van der Waals surface area contributed by atoms with E-state index in [0.717, 1.165) is 11.1 Å². The lowest BCUT2D eigenvalue weighted by Gasteiger charge is -2.08. The van der Waals surface area contributed by atoms with E-state index in [-0.39, 0.29) is 12.4 Å². The molecule has 2 aromatic carbocycles. The normalized spacial score (nSPS) is 10.2. The summed E-state index contributed by atoms with van der Waals surface area (Å²) in [7, 11) is 0. The Labute approximate surface area is 111 Å². The van der Waals surface area contributed by atoms with Crippen LogP contribution in [0.2, 0.25) is 0 Å². The van der Waals surface area contributed by atoms with Crippen LogP contribution in [0.4, 0.5) is 5.69 Å². The molecule has 0 aromatic heterocycles. The van der Waals surface area contributed by atoms with Crippen LogP contribution in [-0.2, 0) is 11.3 Å². The van der Waals surface area contributed by atoms with Gasteiger partial charge >= 0.3 is 5.97 Å². The minimum atomic E-state index is -0.450. The van der Waals surface area contributed by atoms with Crippen molar-refractivity contribution in [2.75, 3.05) is 5.73 Å². The van der Waals surface area contributed by atoms with Crippen LogP contribution in [-0.4, -0.2) is 11.1 Å². The molecule has 4 heteroatoms. The van der Waals surface area contributed by atoms with Gasteiger partial charge in [0.2, 0.25) is 0 Å². The summed E-state index contributed by atoms with van der Waals surface area (Å²) >= 11 is 0. The molecule has 0 bridgehead atoms. The molecule has 0 fully saturated rings. The zero-order valence-electron chi connectivity index (χ0n) is 10.6. The summed E-state index contributed by atoms with van der Waals surface area (Å²) in [4.78, 5) is 11.9. The van der Waals surface area contributed by atoms with E-state index in [1.165, 1.54) is 0 Å². The third-order valence-corrected chi connectivity index (χ3v) is 2.73. The number of aryl methyl sites for hydroxylation is 1. The van der Waals surface area contributed by atoms with Crippen LogP contribution in [0.25, 0.3) is 0 Å². The highest BCUT2D eigenvalue weighted by Crippen LogP contribution is 2.16. The number of esters is 1. The van der Waals surface area contributed by atoms with Gasteiger partial charge in [-0.15, -0.1) is 0 Å². The second-order valence-corrected chi connectivity index (χ2v) is 4.33. The Kier molecular flexibility index (Phi) is 3.71. The van der Waals surface area contributed by atoms with Crippen molar-refractivity contribution in [3.63, 3.8) is 0 Å². The molecule has 0 spiro atoms. The molecule has 0 unspecified atom stereocenters. The van der Waals surface area contributed by atoms with Crippen LogP contribution in [0.5, 0.6) is 5.75 Å². The van der Waals surface area contributed by atoms with Gasteiger partial charge in [0.05, 0.1) is 5.56 Å². The third kappa shape index (κ3) is 3.25. The summed E-state index contributed by atoms with van der Waals surface area (Å²) < 4.78 is 5.19. The summed E-state index contributed by atoms with van der Waals surface area (Å²) in [6, 6.07) is 11.7. The standard InChI is InChI=1S/C15H15NO3/c1-10-2-7-14(16)13(8-10)15(18)19-9-11-3-5-12(17)6-4-11/h2-8,17H,9,16H2,1H3. The van der Waals surface area contributed by atoms with E-state index in [0.29, 0.717) is 11.3 Å². The van der Waals surface area contributed by atoms with Crippen molar-refractivity contribution in [3.05, 3.63) is 59.2 Å². The molecule has 0 saturated carbocycles. The third-order valence-electron chi connectivity index (χ3n) is 2.73. The minimum absolute atomic E-state index is 0.145. The van der Waals surface area contributed by atoms with Crippen LogP contribution in [0, 0.1) is 6.92 Å². The highest BCUT2D eigenvalue weighted by Gasteiger charge is 2.11. The van der Waals surface area contributed by atoms with Gasteiger partial charge in [0.15, 0.2) is 0 Å². The molecule has 19 heavy (non-hydrogen) atoms. The first-order valence-electron chi connectivity index (χ1n) is 5.87. The Morgan fingerprint density at radius 3 is 2.58 bits per heavy atom. The van der Waals surface area contributed by atoms with Gasteiger partial charge in [0.1, 0.15) is 12.4 Å². The number of ether oxygens (including phenoxy) is 1. The average Bonchev–Trinajstić information content (AvgIpc) is 2.40. The fraction of sp³-hybridized carbons (Fsp3) is 0.133. The molecule has 0 heterocycles. The number of hydrogen-bond acceptors (Lipinski definition) is 4. The van der Waals surface area contributed by atoms with Crippen LogP contribution < -0.4 is 5.73 Å². The van der Waals surface area contributed by atoms with E-state index in [1.807, 2.05) is 13.0 Å². The molecule has 98 valence electrons. The van der Waals surface area contributed by atoms with Crippen molar-refractivity contribution >= 4 is 11.7 Å². The van der Waals surface area contributed by atoms with E-state index in [1.54, 1.807) is 36.4 Å². The first-order chi connectivity index (χ1) is 9.06. The van der Waals surface area contributed by atoms with Crippen molar-refractivity contribution in [3.8, 4) is 5.75 Å². The molecular formula is C15H15NO3. The Morgan fingerprint density at radius 1 is 1.21 bits per heavy atom. The van der Waals surface area contributed by atoms with E-state index in [2.05, 4.69) is 0 Å². The molecule has 3 N–H and O–H groups in total. The maximum absolute atomic E-state index is 11.9. The molecule has 0 saturated heterocycles. The average molecular weight is 257 g/mol. The lowest BCUT2D eigenvalue weighted by atomic mass is 10.1. The van der Waals surface area contributed by atoms with Crippen LogP contribution in [0.3, 0.4) is 0 Å². The van der Waals surface area contributed by atoms with Gasteiger partial charge in [-0.3, -0.25) is 0 Å². The Bertz CT molecular complexity index is 591. The van der Waals surface area contributed by atoms with Gasteiger partial charge < -0.3 is 15.6 Å². The molecule has 0 radical (unpaired) electrons. The van der Waals surface area contributed by atoms with Crippen molar-refractivity contribution in [1.29, 1.82) is 0 Å². The summed E-state index contributed by atoms with van der Waals surface area (Å²) in [6.07, 6.45) is 0. The lowest BCUT2D eigenvalue weighted by Crippen LogP contribution is -2.08. The SMILES string of the molecule is Cc1ccc(N)c(C(=O)OCc2ccc(O)cc2)c1.